The fourth-order valence-electron chi connectivity index (χ4n) is 5.06. The number of hydrogen-bond acceptors (Lipinski definition) is 6. The van der Waals surface area contributed by atoms with Crippen LogP contribution in [0, 0.1) is 11.8 Å². The van der Waals surface area contributed by atoms with E-state index >= 15 is 0 Å². The molecule has 0 aromatic carbocycles. The summed E-state index contributed by atoms with van der Waals surface area (Å²) < 4.78 is 23.7. The molecule has 3 saturated heterocycles. The molecule has 1 saturated carbocycles. The van der Waals surface area contributed by atoms with Crippen molar-refractivity contribution in [2.75, 3.05) is 26.8 Å². The summed E-state index contributed by atoms with van der Waals surface area (Å²) in [5, 5.41) is 9.00. The van der Waals surface area contributed by atoms with Gasteiger partial charge in [0, 0.05) is 20.2 Å². The first kappa shape index (κ1) is 20.6. The van der Waals surface area contributed by atoms with E-state index in [1.54, 1.807) is 7.11 Å². The van der Waals surface area contributed by atoms with Crippen LogP contribution in [0.25, 0.3) is 0 Å². The second-order valence-corrected chi connectivity index (χ2v) is 9.24. The molecule has 1 aliphatic carbocycles. The Bertz CT molecular complexity index is 708. The number of allylic oxidation sites excluding steroid dienone is 1. The Labute approximate surface area is 171 Å². The fourth-order valence-corrected chi connectivity index (χ4v) is 5.06. The standard InChI is InChI=1S/C21H31NO7/c1-12(2)5-6-15-20(3,29-15)17-16(26-4)14(7-8-21(17)11-27-21)28-19(25)22-9-13(10-22)18(23)24/h5,13-17H,6-11H2,1-4H3,(H,23,24)/t14-,15-,16-,17-,20+,21+/m1/s1. The van der Waals surface area contributed by atoms with Crippen LogP contribution < -0.4 is 0 Å². The molecule has 1 N–H and O–H groups in total. The van der Waals surface area contributed by atoms with Crippen molar-refractivity contribution in [2.24, 2.45) is 11.8 Å². The van der Waals surface area contributed by atoms with E-state index < -0.39 is 24.1 Å². The van der Waals surface area contributed by atoms with Gasteiger partial charge in [0.25, 0.3) is 0 Å². The van der Waals surface area contributed by atoms with E-state index in [-0.39, 0.29) is 42.4 Å². The predicted molar refractivity (Wildman–Crippen MR) is 102 cm³/mol. The molecule has 0 aromatic heterocycles. The van der Waals surface area contributed by atoms with Crippen LogP contribution in [0.15, 0.2) is 11.6 Å². The molecule has 0 unspecified atom stereocenters. The average Bonchev–Trinajstić information content (AvgIpc) is 3.51. The summed E-state index contributed by atoms with van der Waals surface area (Å²) in [6.45, 7) is 7.32. The van der Waals surface area contributed by atoms with Crippen LogP contribution in [0.2, 0.25) is 0 Å². The van der Waals surface area contributed by atoms with Crippen LogP contribution in [0.5, 0.6) is 0 Å². The van der Waals surface area contributed by atoms with Gasteiger partial charge in [-0.05, 0) is 40.0 Å². The van der Waals surface area contributed by atoms with E-state index in [0.717, 1.165) is 12.8 Å². The van der Waals surface area contributed by atoms with Gasteiger partial charge in [-0.2, -0.15) is 0 Å². The van der Waals surface area contributed by atoms with E-state index in [0.29, 0.717) is 13.0 Å². The Morgan fingerprint density at radius 2 is 2.00 bits per heavy atom. The second-order valence-electron chi connectivity index (χ2n) is 9.24. The molecule has 8 nitrogen and oxygen atoms in total. The molecule has 3 aliphatic heterocycles. The fraction of sp³-hybridized carbons (Fsp3) is 0.810. The van der Waals surface area contributed by atoms with E-state index in [4.69, 9.17) is 24.1 Å². The molecule has 1 spiro atoms. The van der Waals surface area contributed by atoms with Crippen molar-refractivity contribution in [3.05, 3.63) is 11.6 Å². The van der Waals surface area contributed by atoms with Crippen molar-refractivity contribution in [3.8, 4) is 0 Å². The van der Waals surface area contributed by atoms with Gasteiger partial charge < -0.3 is 29.0 Å². The molecule has 3 heterocycles. The topological polar surface area (TPSA) is 101 Å². The highest BCUT2D eigenvalue weighted by Gasteiger charge is 2.72. The maximum atomic E-state index is 12.5. The molecule has 4 rings (SSSR count). The van der Waals surface area contributed by atoms with Crippen LogP contribution in [0.1, 0.15) is 40.0 Å². The number of methoxy groups -OCH3 is 1. The molecule has 0 aromatic rings. The van der Waals surface area contributed by atoms with Gasteiger partial charge >= 0.3 is 12.1 Å². The molecular weight excluding hydrogens is 378 g/mol. The first-order valence-electron chi connectivity index (χ1n) is 10.4. The number of carbonyl (C=O) groups excluding carboxylic acids is 1. The Morgan fingerprint density at radius 1 is 1.31 bits per heavy atom. The molecule has 8 heteroatoms. The van der Waals surface area contributed by atoms with Gasteiger partial charge in [0.05, 0.1) is 24.5 Å². The number of carboxylic acid groups (broad SMARTS) is 1. The molecule has 4 aliphatic rings. The van der Waals surface area contributed by atoms with Crippen LogP contribution in [-0.4, -0.2) is 78.4 Å². The molecule has 29 heavy (non-hydrogen) atoms. The van der Waals surface area contributed by atoms with Crippen molar-refractivity contribution >= 4 is 12.1 Å². The highest BCUT2D eigenvalue weighted by atomic mass is 16.6. The van der Waals surface area contributed by atoms with Crippen molar-refractivity contribution in [3.63, 3.8) is 0 Å². The third kappa shape index (κ3) is 3.66. The van der Waals surface area contributed by atoms with Gasteiger partial charge in [0.1, 0.15) is 23.4 Å². The number of likely N-dealkylation sites (tertiary alicyclic amines) is 1. The molecule has 4 fully saturated rings. The number of aliphatic carboxylic acids is 1. The van der Waals surface area contributed by atoms with Crippen LogP contribution in [0.3, 0.4) is 0 Å². The molecule has 1 amide bonds. The molecular formula is C21H31NO7. The first-order valence-corrected chi connectivity index (χ1v) is 10.4. The molecule has 0 radical (unpaired) electrons. The average molecular weight is 409 g/mol. The van der Waals surface area contributed by atoms with Gasteiger partial charge in [-0.15, -0.1) is 0 Å². The lowest BCUT2D eigenvalue weighted by atomic mass is 9.68. The molecule has 162 valence electrons. The number of epoxide rings is 2. The number of carboxylic acids is 1. The van der Waals surface area contributed by atoms with Crippen molar-refractivity contribution < 1.29 is 33.6 Å². The highest BCUT2D eigenvalue weighted by Crippen LogP contribution is 2.59. The number of carbonyl (C=O) groups is 2. The minimum atomic E-state index is -0.879. The minimum absolute atomic E-state index is 0.0229. The Kier molecular flexibility index (Phi) is 5.16. The lowest BCUT2D eigenvalue weighted by Crippen LogP contribution is -2.58. The van der Waals surface area contributed by atoms with Crippen LogP contribution in [-0.2, 0) is 23.7 Å². The zero-order valence-electron chi connectivity index (χ0n) is 17.6. The summed E-state index contributed by atoms with van der Waals surface area (Å²) in [5.41, 5.74) is 0.621. The highest BCUT2D eigenvalue weighted by molar-refractivity contribution is 5.76. The summed E-state index contributed by atoms with van der Waals surface area (Å²) in [6, 6.07) is 0. The Morgan fingerprint density at radius 3 is 2.55 bits per heavy atom. The molecule has 6 atom stereocenters. The quantitative estimate of drug-likeness (QED) is 0.530. The lowest BCUT2D eigenvalue weighted by molar-refractivity contribution is -0.148. The number of amides is 1. The van der Waals surface area contributed by atoms with E-state index in [1.807, 2.05) is 0 Å². The van der Waals surface area contributed by atoms with Crippen molar-refractivity contribution in [1.29, 1.82) is 0 Å². The van der Waals surface area contributed by atoms with Gasteiger partial charge in [0.15, 0.2) is 0 Å². The third-order valence-electron chi connectivity index (χ3n) is 6.98. The zero-order chi connectivity index (χ0) is 21.0. The Hall–Kier alpha value is -1.64. The predicted octanol–water partition coefficient (Wildman–Crippen LogP) is 2.22. The largest absolute Gasteiger partial charge is 0.481 e. The number of nitrogens with zero attached hydrogens (tertiary/aromatic N) is 1. The van der Waals surface area contributed by atoms with Crippen molar-refractivity contribution in [1.82, 2.24) is 4.90 Å². The first-order chi connectivity index (χ1) is 13.7. The number of rotatable bonds is 6. The number of hydrogen-bond donors (Lipinski definition) is 1. The maximum absolute atomic E-state index is 12.5. The van der Waals surface area contributed by atoms with Gasteiger partial charge in [-0.3, -0.25) is 4.79 Å². The second kappa shape index (κ2) is 7.25. The van der Waals surface area contributed by atoms with Gasteiger partial charge in [0.2, 0.25) is 0 Å². The van der Waals surface area contributed by atoms with Crippen LogP contribution in [0.4, 0.5) is 4.79 Å². The van der Waals surface area contributed by atoms with E-state index in [2.05, 4.69) is 26.8 Å². The van der Waals surface area contributed by atoms with Gasteiger partial charge in [-0.25, -0.2) is 4.79 Å². The van der Waals surface area contributed by atoms with E-state index in [1.165, 1.54) is 10.5 Å². The van der Waals surface area contributed by atoms with E-state index in [9.17, 15) is 9.59 Å². The zero-order valence-corrected chi connectivity index (χ0v) is 17.6. The van der Waals surface area contributed by atoms with Crippen LogP contribution >= 0.6 is 0 Å². The normalized spacial score (nSPS) is 40.9. The van der Waals surface area contributed by atoms with Gasteiger partial charge in [-0.1, -0.05) is 11.6 Å². The van der Waals surface area contributed by atoms with Crippen molar-refractivity contribution in [2.45, 2.75) is 69.5 Å². The SMILES string of the molecule is CO[C@@H]1[C@H](OC(=O)N2CC(C(=O)O)C2)CC[C@]2(CO2)[C@H]1[C@@]1(C)O[C@@H]1CC=C(C)C. The summed E-state index contributed by atoms with van der Waals surface area (Å²) >= 11 is 0. The third-order valence-corrected chi connectivity index (χ3v) is 6.98. The Balaban J connectivity index is 1.44. The smallest absolute Gasteiger partial charge is 0.410 e. The monoisotopic (exact) mass is 409 g/mol. The molecule has 0 bridgehead atoms. The maximum Gasteiger partial charge on any atom is 0.410 e. The summed E-state index contributed by atoms with van der Waals surface area (Å²) in [4.78, 5) is 24.9. The summed E-state index contributed by atoms with van der Waals surface area (Å²) in [5.74, 6) is -1.40. The minimum Gasteiger partial charge on any atom is -0.481 e. The summed E-state index contributed by atoms with van der Waals surface area (Å²) in [6.07, 6.45) is 3.38. The number of ether oxygens (including phenoxy) is 4. The lowest BCUT2D eigenvalue weighted by Gasteiger charge is -2.44. The summed E-state index contributed by atoms with van der Waals surface area (Å²) in [7, 11) is 1.64.